The number of hydrogen-bond donors (Lipinski definition) is 1. The number of alkyl halides is 1. The van der Waals surface area contributed by atoms with Crippen LogP contribution in [-0.2, 0) is 7.05 Å². The van der Waals surface area contributed by atoms with Crippen LogP contribution in [0.25, 0.3) is 22.1 Å². The normalized spacial score (nSPS) is 11.1. The lowest BCUT2D eigenvalue weighted by atomic mass is 10.2. The first-order chi connectivity index (χ1) is 12.3. The van der Waals surface area contributed by atoms with Gasteiger partial charge in [-0.15, -0.1) is 0 Å². The SMILES string of the molecule is Cn1c2cccnc2c2ccc(Nc3cccc(OCCF)c3)nc21. The molecule has 0 radical (unpaired) electrons. The fourth-order valence-corrected chi connectivity index (χ4v) is 2.92. The Morgan fingerprint density at radius 3 is 2.96 bits per heavy atom. The Morgan fingerprint density at radius 1 is 1.16 bits per heavy atom. The fourth-order valence-electron chi connectivity index (χ4n) is 2.92. The zero-order valence-electron chi connectivity index (χ0n) is 13.7. The number of pyridine rings is 2. The molecule has 3 heterocycles. The van der Waals surface area contributed by atoms with E-state index in [1.54, 1.807) is 12.3 Å². The molecule has 0 aliphatic rings. The summed E-state index contributed by atoms with van der Waals surface area (Å²) in [6.07, 6.45) is 1.79. The predicted octanol–water partition coefficient (Wildman–Crippen LogP) is 4.21. The molecule has 1 N–H and O–H groups in total. The third kappa shape index (κ3) is 2.87. The molecule has 0 fully saturated rings. The van der Waals surface area contributed by atoms with Crippen LogP contribution in [0.15, 0.2) is 54.7 Å². The Kier molecular flexibility index (Phi) is 3.93. The highest BCUT2D eigenvalue weighted by atomic mass is 19.1. The zero-order valence-corrected chi connectivity index (χ0v) is 13.7. The van der Waals surface area contributed by atoms with Crippen molar-refractivity contribution in [3.05, 3.63) is 54.7 Å². The highest BCUT2D eigenvalue weighted by molar-refractivity contribution is 6.04. The van der Waals surface area contributed by atoms with Gasteiger partial charge in [0.1, 0.15) is 30.5 Å². The third-order valence-corrected chi connectivity index (χ3v) is 4.05. The lowest BCUT2D eigenvalue weighted by Gasteiger charge is -2.09. The van der Waals surface area contributed by atoms with Crippen molar-refractivity contribution < 1.29 is 9.13 Å². The lowest BCUT2D eigenvalue weighted by molar-refractivity contribution is 0.273. The van der Waals surface area contributed by atoms with Crippen LogP contribution in [0.2, 0.25) is 0 Å². The van der Waals surface area contributed by atoms with Crippen molar-refractivity contribution in [1.82, 2.24) is 14.5 Å². The standard InChI is InChI=1S/C19H17FN4O/c1-24-16-6-3-10-21-18(16)15-7-8-17(23-19(15)24)22-13-4-2-5-14(12-13)25-11-9-20/h2-8,10,12H,9,11H2,1H3,(H,22,23). The molecule has 1 aromatic carbocycles. The molecule has 5 nitrogen and oxygen atoms in total. The molecule has 0 atom stereocenters. The number of hydrogen-bond acceptors (Lipinski definition) is 4. The molecule has 0 amide bonds. The minimum Gasteiger partial charge on any atom is -0.491 e. The van der Waals surface area contributed by atoms with Crippen molar-refractivity contribution >= 4 is 33.6 Å². The number of anilines is 2. The third-order valence-electron chi connectivity index (χ3n) is 4.05. The van der Waals surface area contributed by atoms with E-state index < -0.39 is 6.67 Å². The van der Waals surface area contributed by atoms with Crippen molar-refractivity contribution in [2.45, 2.75) is 0 Å². The summed E-state index contributed by atoms with van der Waals surface area (Å²) in [5.41, 5.74) is 3.69. The van der Waals surface area contributed by atoms with Crippen LogP contribution in [0.4, 0.5) is 15.9 Å². The van der Waals surface area contributed by atoms with Gasteiger partial charge in [-0.3, -0.25) is 4.98 Å². The quantitative estimate of drug-likeness (QED) is 0.593. The number of ether oxygens (including phenoxy) is 1. The van der Waals surface area contributed by atoms with Crippen LogP contribution in [-0.4, -0.2) is 27.8 Å². The van der Waals surface area contributed by atoms with E-state index >= 15 is 0 Å². The number of nitrogens with zero attached hydrogens (tertiary/aromatic N) is 3. The molecule has 0 bridgehead atoms. The van der Waals surface area contributed by atoms with Crippen LogP contribution >= 0.6 is 0 Å². The Hall–Kier alpha value is -3.15. The van der Waals surface area contributed by atoms with Gasteiger partial charge in [-0.1, -0.05) is 6.07 Å². The van der Waals surface area contributed by atoms with Gasteiger partial charge in [0.25, 0.3) is 0 Å². The van der Waals surface area contributed by atoms with Crippen molar-refractivity contribution in [2.24, 2.45) is 7.05 Å². The monoisotopic (exact) mass is 336 g/mol. The molecule has 0 saturated carbocycles. The van der Waals surface area contributed by atoms with Gasteiger partial charge in [-0.25, -0.2) is 9.37 Å². The van der Waals surface area contributed by atoms with Gasteiger partial charge in [0, 0.05) is 30.4 Å². The lowest BCUT2D eigenvalue weighted by Crippen LogP contribution is -2.00. The number of aromatic nitrogens is 3. The first-order valence-corrected chi connectivity index (χ1v) is 8.02. The Bertz CT molecular complexity index is 1040. The summed E-state index contributed by atoms with van der Waals surface area (Å²) in [7, 11) is 1.98. The van der Waals surface area contributed by atoms with Crippen molar-refractivity contribution in [2.75, 3.05) is 18.6 Å². The molecule has 0 aliphatic heterocycles. The fraction of sp³-hybridized carbons (Fsp3) is 0.158. The summed E-state index contributed by atoms with van der Waals surface area (Å²) in [4.78, 5) is 9.17. The smallest absolute Gasteiger partial charge is 0.144 e. The first kappa shape index (κ1) is 15.4. The first-order valence-electron chi connectivity index (χ1n) is 8.02. The van der Waals surface area contributed by atoms with Gasteiger partial charge in [-0.2, -0.15) is 0 Å². The van der Waals surface area contributed by atoms with Crippen molar-refractivity contribution in [3.63, 3.8) is 0 Å². The molecule has 0 unspecified atom stereocenters. The summed E-state index contributed by atoms with van der Waals surface area (Å²) in [6, 6.07) is 15.3. The molecule has 3 aromatic heterocycles. The van der Waals surface area contributed by atoms with E-state index in [9.17, 15) is 4.39 Å². The molecular formula is C19H17FN4O. The molecule has 126 valence electrons. The average molecular weight is 336 g/mol. The highest BCUT2D eigenvalue weighted by Crippen LogP contribution is 2.27. The molecule has 25 heavy (non-hydrogen) atoms. The summed E-state index contributed by atoms with van der Waals surface area (Å²) < 4.78 is 19.6. The number of nitrogens with one attached hydrogen (secondary N) is 1. The maximum atomic E-state index is 12.2. The number of benzene rings is 1. The van der Waals surface area contributed by atoms with E-state index in [4.69, 9.17) is 9.72 Å². The second-order valence-corrected chi connectivity index (χ2v) is 5.69. The van der Waals surface area contributed by atoms with Crippen LogP contribution in [0.3, 0.4) is 0 Å². The predicted molar refractivity (Wildman–Crippen MR) is 97.2 cm³/mol. The van der Waals surface area contributed by atoms with Gasteiger partial charge in [0.15, 0.2) is 0 Å². The molecule has 4 rings (SSSR count). The highest BCUT2D eigenvalue weighted by Gasteiger charge is 2.10. The van der Waals surface area contributed by atoms with Crippen LogP contribution in [0.5, 0.6) is 5.75 Å². The van der Waals surface area contributed by atoms with Crippen molar-refractivity contribution in [3.8, 4) is 5.75 Å². The van der Waals surface area contributed by atoms with Crippen LogP contribution < -0.4 is 10.1 Å². The van der Waals surface area contributed by atoms with E-state index in [-0.39, 0.29) is 6.61 Å². The summed E-state index contributed by atoms with van der Waals surface area (Å²) >= 11 is 0. The summed E-state index contributed by atoms with van der Waals surface area (Å²) in [5.74, 6) is 1.35. The Morgan fingerprint density at radius 2 is 2.08 bits per heavy atom. The summed E-state index contributed by atoms with van der Waals surface area (Å²) in [6.45, 7) is -0.457. The van der Waals surface area contributed by atoms with Gasteiger partial charge in [0.05, 0.1) is 11.0 Å². The maximum absolute atomic E-state index is 12.2. The Labute approximate surface area is 144 Å². The Balaban J connectivity index is 1.68. The zero-order chi connectivity index (χ0) is 17.2. The largest absolute Gasteiger partial charge is 0.491 e. The second-order valence-electron chi connectivity index (χ2n) is 5.69. The van der Waals surface area contributed by atoms with Crippen molar-refractivity contribution in [1.29, 1.82) is 0 Å². The van der Waals surface area contributed by atoms with E-state index in [0.717, 1.165) is 33.6 Å². The minimum absolute atomic E-state index is 0.0522. The van der Waals surface area contributed by atoms with E-state index in [1.165, 1.54) is 0 Å². The minimum atomic E-state index is -0.509. The van der Waals surface area contributed by atoms with Gasteiger partial charge in [-0.05, 0) is 36.4 Å². The van der Waals surface area contributed by atoms with Gasteiger partial charge >= 0.3 is 0 Å². The summed E-state index contributed by atoms with van der Waals surface area (Å²) in [5, 5.41) is 4.28. The molecule has 0 spiro atoms. The van der Waals surface area contributed by atoms with E-state index in [2.05, 4.69) is 10.3 Å². The van der Waals surface area contributed by atoms with E-state index in [1.807, 2.05) is 54.1 Å². The molecule has 0 saturated heterocycles. The number of fused-ring (bicyclic) bond motifs is 3. The second kappa shape index (κ2) is 6.39. The number of rotatable bonds is 5. The average Bonchev–Trinajstić information content (AvgIpc) is 2.93. The van der Waals surface area contributed by atoms with E-state index in [0.29, 0.717) is 5.75 Å². The molecule has 0 aliphatic carbocycles. The number of aryl methyl sites for hydroxylation is 1. The van der Waals surface area contributed by atoms with Gasteiger partial charge < -0.3 is 14.6 Å². The number of halogens is 1. The topological polar surface area (TPSA) is 52.0 Å². The molecule has 4 aromatic rings. The molecule has 6 heteroatoms. The van der Waals surface area contributed by atoms with Crippen LogP contribution in [0, 0.1) is 0 Å². The maximum Gasteiger partial charge on any atom is 0.144 e. The molecular weight excluding hydrogens is 319 g/mol. The van der Waals surface area contributed by atoms with Crippen LogP contribution in [0.1, 0.15) is 0 Å². The van der Waals surface area contributed by atoms with Gasteiger partial charge in [0.2, 0.25) is 0 Å².